The summed E-state index contributed by atoms with van der Waals surface area (Å²) in [6.45, 7) is 0.0171. The molecule has 0 radical (unpaired) electrons. The minimum atomic E-state index is -0.840. The Morgan fingerprint density at radius 3 is 2.89 bits per heavy atom. The highest BCUT2D eigenvalue weighted by Gasteiger charge is 2.32. The van der Waals surface area contributed by atoms with Gasteiger partial charge in [-0.25, -0.2) is 4.98 Å². The molecule has 142 valence electrons. The third kappa shape index (κ3) is 3.70. The molecule has 4 rings (SSSR count). The molecule has 8 nitrogen and oxygen atoms in total. The Morgan fingerprint density at radius 1 is 1.25 bits per heavy atom. The summed E-state index contributed by atoms with van der Waals surface area (Å²) in [5.41, 5.74) is 1.09. The zero-order chi connectivity index (χ0) is 19.5. The van der Waals surface area contributed by atoms with Crippen LogP contribution >= 0.6 is 11.3 Å². The minimum absolute atomic E-state index is 0.0171. The Kier molecular flexibility index (Phi) is 4.98. The Hall–Kier alpha value is -3.33. The predicted octanol–water partition coefficient (Wildman–Crippen LogP) is 1.68. The van der Waals surface area contributed by atoms with E-state index >= 15 is 0 Å². The zero-order valence-electron chi connectivity index (χ0n) is 15.0. The van der Waals surface area contributed by atoms with Crippen LogP contribution in [0.1, 0.15) is 20.4 Å². The average Bonchev–Trinajstić information content (AvgIpc) is 3.15. The lowest BCUT2D eigenvalue weighted by molar-refractivity contribution is -0.120. The number of nitrogens with one attached hydrogen (secondary N) is 1. The number of rotatable bonds is 4. The van der Waals surface area contributed by atoms with Gasteiger partial charge in [-0.1, -0.05) is 41.7 Å². The van der Waals surface area contributed by atoms with Crippen molar-refractivity contribution in [3.05, 3.63) is 64.2 Å². The van der Waals surface area contributed by atoms with Crippen molar-refractivity contribution >= 4 is 29.0 Å². The number of amides is 2. The van der Waals surface area contributed by atoms with Gasteiger partial charge in [-0.05, 0) is 17.7 Å². The smallest absolute Gasteiger partial charge is 0.283 e. The lowest BCUT2D eigenvalue weighted by Gasteiger charge is -2.18. The van der Waals surface area contributed by atoms with Gasteiger partial charge in [0.15, 0.2) is 11.6 Å². The SMILES string of the molecule is CN1C(=O)[C@@H](NC(=O)c2nnc(Cc3ccccc3)s2)COc2cccnc21. The average molecular weight is 395 g/mol. The van der Waals surface area contributed by atoms with Crippen molar-refractivity contribution in [2.24, 2.45) is 0 Å². The molecular weight excluding hydrogens is 378 g/mol. The first-order valence-corrected chi connectivity index (χ1v) is 9.46. The number of nitrogens with zero attached hydrogens (tertiary/aromatic N) is 4. The van der Waals surface area contributed by atoms with Crippen LogP contribution in [0.15, 0.2) is 48.7 Å². The molecule has 1 aliphatic heterocycles. The summed E-state index contributed by atoms with van der Waals surface area (Å²) in [5, 5.41) is 11.7. The number of hydrogen-bond donors (Lipinski definition) is 1. The second-order valence-electron chi connectivity index (χ2n) is 6.22. The molecule has 28 heavy (non-hydrogen) atoms. The number of anilines is 1. The molecule has 1 atom stereocenters. The Labute approximate surface area is 165 Å². The summed E-state index contributed by atoms with van der Waals surface area (Å²) < 4.78 is 5.65. The molecule has 0 spiro atoms. The van der Waals surface area contributed by atoms with Gasteiger partial charge in [-0.3, -0.25) is 14.5 Å². The molecule has 2 aromatic heterocycles. The van der Waals surface area contributed by atoms with Crippen LogP contribution in [0.25, 0.3) is 0 Å². The third-order valence-electron chi connectivity index (χ3n) is 4.27. The lowest BCUT2D eigenvalue weighted by atomic mass is 10.2. The molecule has 0 aliphatic carbocycles. The van der Waals surface area contributed by atoms with Gasteiger partial charge in [0.25, 0.3) is 11.8 Å². The van der Waals surface area contributed by atoms with Crippen LogP contribution in [-0.2, 0) is 11.2 Å². The Bertz CT molecular complexity index is 1010. The fourth-order valence-corrected chi connectivity index (χ4v) is 3.62. The minimum Gasteiger partial charge on any atom is -0.487 e. The van der Waals surface area contributed by atoms with Crippen molar-refractivity contribution in [2.75, 3.05) is 18.6 Å². The molecule has 0 saturated carbocycles. The summed E-state index contributed by atoms with van der Waals surface area (Å²) in [6.07, 6.45) is 2.18. The Morgan fingerprint density at radius 2 is 2.07 bits per heavy atom. The van der Waals surface area contributed by atoms with Crippen LogP contribution in [0, 0.1) is 0 Å². The quantitative estimate of drug-likeness (QED) is 0.722. The molecule has 1 N–H and O–H groups in total. The fraction of sp³-hybridized carbons (Fsp3) is 0.211. The molecular formula is C19H17N5O3S. The van der Waals surface area contributed by atoms with E-state index in [4.69, 9.17) is 4.74 Å². The van der Waals surface area contributed by atoms with E-state index in [-0.39, 0.29) is 17.5 Å². The van der Waals surface area contributed by atoms with Crippen molar-refractivity contribution < 1.29 is 14.3 Å². The first-order valence-electron chi connectivity index (χ1n) is 8.64. The maximum atomic E-state index is 12.7. The summed E-state index contributed by atoms with van der Waals surface area (Å²) in [7, 11) is 1.60. The summed E-state index contributed by atoms with van der Waals surface area (Å²) in [5.74, 6) is 0.160. The van der Waals surface area contributed by atoms with Gasteiger partial charge in [0.2, 0.25) is 5.01 Å². The number of pyridine rings is 1. The first-order chi connectivity index (χ1) is 13.6. The van der Waals surface area contributed by atoms with E-state index in [1.165, 1.54) is 16.2 Å². The van der Waals surface area contributed by atoms with E-state index in [0.29, 0.717) is 18.0 Å². The monoisotopic (exact) mass is 395 g/mol. The number of likely N-dealkylation sites (N-methyl/N-ethyl adjacent to an activating group) is 1. The van der Waals surface area contributed by atoms with E-state index in [1.807, 2.05) is 30.3 Å². The maximum Gasteiger partial charge on any atom is 0.283 e. The summed E-state index contributed by atoms with van der Waals surface area (Å²) in [6, 6.07) is 12.4. The summed E-state index contributed by atoms with van der Waals surface area (Å²) >= 11 is 1.21. The number of carbonyl (C=O) groups excluding carboxylic acids is 2. The van der Waals surface area contributed by atoms with Crippen LogP contribution in [0.3, 0.4) is 0 Å². The van der Waals surface area contributed by atoms with E-state index in [2.05, 4.69) is 20.5 Å². The van der Waals surface area contributed by atoms with Gasteiger partial charge < -0.3 is 10.1 Å². The molecule has 2 amide bonds. The van der Waals surface area contributed by atoms with E-state index in [9.17, 15) is 9.59 Å². The standard InChI is InChI=1S/C19H17N5O3S/c1-24-16-14(8-5-9-20-16)27-11-13(19(24)26)21-17(25)18-23-22-15(28-18)10-12-6-3-2-4-7-12/h2-9,13H,10-11H2,1H3,(H,21,25)/t13-/m0/s1. The van der Waals surface area contributed by atoms with Crippen LogP contribution in [0.2, 0.25) is 0 Å². The number of benzene rings is 1. The van der Waals surface area contributed by atoms with Gasteiger partial charge in [0, 0.05) is 19.7 Å². The van der Waals surface area contributed by atoms with Crippen molar-refractivity contribution in [3.8, 4) is 5.75 Å². The van der Waals surface area contributed by atoms with Gasteiger partial charge >= 0.3 is 0 Å². The number of fused-ring (bicyclic) bond motifs is 1. The van der Waals surface area contributed by atoms with E-state index in [0.717, 1.165) is 10.6 Å². The Balaban J connectivity index is 1.45. The van der Waals surface area contributed by atoms with E-state index in [1.54, 1.807) is 25.4 Å². The van der Waals surface area contributed by atoms with Gasteiger partial charge in [-0.2, -0.15) is 0 Å². The molecule has 1 aromatic carbocycles. The van der Waals surface area contributed by atoms with Crippen molar-refractivity contribution in [3.63, 3.8) is 0 Å². The van der Waals surface area contributed by atoms with Gasteiger partial charge in [-0.15, -0.1) is 10.2 Å². The largest absolute Gasteiger partial charge is 0.487 e. The van der Waals surface area contributed by atoms with Crippen LogP contribution in [0.5, 0.6) is 5.75 Å². The molecule has 9 heteroatoms. The molecule has 0 saturated heterocycles. The molecule has 1 aliphatic rings. The number of ether oxygens (including phenoxy) is 1. The molecule has 0 bridgehead atoms. The molecule has 3 aromatic rings. The van der Waals surface area contributed by atoms with Crippen molar-refractivity contribution in [1.29, 1.82) is 0 Å². The predicted molar refractivity (Wildman–Crippen MR) is 104 cm³/mol. The van der Waals surface area contributed by atoms with Crippen LogP contribution in [0.4, 0.5) is 5.82 Å². The van der Waals surface area contributed by atoms with Gasteiger partial charge in [0.05, 0.1) is 0 Å². The molecule has 0 unspecified atom stereocenters. The number of carbonyl (C=O) groups is 2. The maximum absolute atomic E-state index is 12.7. The highest BCUT2D eigenvalue weighted by atomic mass is 32.1. The van der Waals surface area contributed by atoms with E-state index < -0.39 is 11.9 Å². The van der Waals surface area contributed by atoms with Crippen molar-refractivity contribution in [2.45, 2.75) is 12.5 Å². The second kappa shape index (κ2) is 7.73. The van der Waals surface area contributed by atoms with Crippen LogP contribution in [-0.4, -0.2) is 46.7 Å². The highest BCUT2D eigenvalue weighted by Crippen LogP contribution is 2.27. The highest BCUT2D eigenvalue weighted by molar-refractivity contribution is 7.13. The topological polar surface area (TPSA) is 97.3 Å². The third-order valence-corrected chi connectivity index (χ3v) is 5.19. The first kappa shape index (κ1) is 18.1. The zero-order valence-corrected chi connectivity index (χ0v) is 15.8. The van der Waals surface area contributed by atoms with Crippen molar-refractivity contribution in [1.82, 2.24) is 20.5 Å². The molecule has 0 fully saturated rings. The number of aromatic nitrogens is 3. The second-order valence-corrected chi connectivity index (χ2v) is 7.28. The lowest BCUT2D eigenvalue weighted by Crippen LogP contribution is -2.49. The summed E-state index contributed by atoms with van der Waals surface area (Å²) in [4.78, 5) is 30.8. The number of hydrogen-bond acceptors (Lipinski definition) is 7. The van der Waals surface area contributed by atoms with Crippen LogP contribution < -0.4 is 15.0 Å². The fourth-order valence-electron chi connectivity index (χ4n) is 2.84. The normalized spacial score (nSPS) is 16.1. The van der Waals surface area contributed by atoms with Gasteiger partial charge in [0.1, 0.15) is 17.7 Å². The molecule has 3 heterocycles.